The summed E-state index contributed by atoms with van der Waals surface area (Å²) in [5.41, 5.74) is 6.19. The van der Waals surface area contributed by atoms with Gasteiger partial charge in [0.1, 0.15) is 0 Å². The number of nitrogens with one attached hydrogen (secondary N) is 1. The molecule has 0 saturated carbocycles. The molecule has 0 saturated heterocycles. The Morgan fingerprint density at radius 1 is 1.25 bits per heavy atom. The van der Waals surface area contributed by atoms with Crippen LogP contribution in [0.4, 0.5) is 5.69 Å². The van der Waals surface area contributed by atoms with Gasteiger partial charge in [-0.1, -0.05) is 33.8 Å². The maximum atomic E-state index is 3.55. The van der Waals surface area contributed by atoms with Gasteiger partial charge >= 0.3 is 0 Å². The minimum absolute atomic E-state index is 0.258. The van der Waals surface area contributed by atoms with Gasteiger partial charge in [-0.25, -0.2) is 0 Å². The molecular formula is C15H23N. The SMILES string of the molecule is CCc1cc2c(c(C(C)(C)C)c1)CCCN2. The Bertz CT molecular complexity index is 385. The van der Waals surface area contributed by atoms with Crippen LogP contribution in [0.3, 0.4) is 0 Å². The van der Waals surface area contributed by atoms with E-state index in [0.29, 0.717) is 0 Å². The van der Waals surface area contributed by atoms with Crippen LogP contribution in [0.1, 0.15) is 50.8 Å². The number of hydrogen-bond acceptors (Lipinski definition) is 1. The summed E-state index contributed by atoms with van der Waals surface area (Å²) < 4.78 is 0. The number of aryl methyl sites for hydroxylation is 1. The van der Waals surface area contributed by atoms with Gasteiger partial charge in [-0.05, 0) is 47.4 Å². The Kier molecular flexibility index (Phi) is 2.96. The van der Waals surface area contributed by atoms with E-state index >= 15 is 0 Å². The van der Waals surface area contributed by atoms with Crippen molar-refractivity contribution < 1.29 is 0 Å². The predicted octanol–water partition coefficient (Wildman–Crippen LogP) is 3.90. The highest BCUT2D eigenvalue weighted by Gasteiger charge is 2.22. The molecule has 1 N–H and O–H groups in total. The molecule has 0 aromatic heterocycles. The minimum atomic E-state index is 0.258. The van der Waals surface area contributed by atoms with Crippen LogP contribution < -0.4 is 5.32 Å². The molecule has 16 heavy (non-hydrogen) atoms. The Morgan fingerprint density at radius 3 is 2.62 bits per heavy atom. The smallest absolute Gasteiger partial charge is 0.0378 e. The van der Waals surface area contributed by atoms with Crippen molar-refractivity contribution >= 4 is 5.69 Å². The first-order chi connectivity index (χ1) is 7.52. The van der Waals surface area contributed by atoms with Gasteiger partial charge < -0.3 is 5.32 Å². The molecule has 0 fully saturated rings. The van der Waals surface area contributed by atoms with Crippen LogP contribution in [0.15, 0.2) is 12.1 Å². The molecule has 1 heterocycles. The molecule has 0 atom stereocenters. The van der Waals surface area contributed by atoms with E-state index in [9.17, 15) is 0 Å². The van der Waals surface area contributed by atoms with E-state index in [1.165, 1.54) is 29.7 Å². The number of anilines is 1. The molecule has 0 amide bonds. The molecule has 1 aromatic rings. The molecule has 0 spiro atoms. The maximum Gasteiger partial charge on any atom is 0.0378 e. The summed E-state index contributed by atoms with van der Waals surface area (Å²) >= 11 is 0. The van der Waals surface area contributed by atoms with Crippen molar-refractivity contribution in [2.45, 2.75) is 52.4 Å². The normalized spacial score (nSPS) is 15.5. The highest BCUT2D eigenvalue weighted by Crippen LogP contribution is 2.34. The van der Waals surface area contributed by atoms with Crippen molar-refractivity contribution in [1.82, 2.24) is 0 Å². The number of rotatable bonds is 1. The Labute approximate surface area is 99.3 Å². The van der Waals surface area contributed by atoms with Gasteiger partial charge in [-0.15, -0.1) is 0 Å². The van der Waals surface area contributed by atoms with Crippen LogP contribution in [-0.4, -0.2) is 6.54 Å². The predicted molar refractivity (Wildman–Crippen MR) is 71.3 cm³/mol. The minimum Gasteiger partial charge on any atom is -0.385 e. The van der Waals surface area contributed by atoms with E-state index < -0.39 is 0 Å². The van der Waals surface area contributed by atoms with Crippen LogP contribution in [-0.2, 0) is 18.3 Å². The van der Waals surface area contributed by atoms with Gasteiger partial charge in [0.05, 0.1) is 0 Å². The van der Waals surface area contributed by atoms with Crippen molar-refractivity contribution in [1.29, 1.82) is 0 Å². The fourth-order valence-electron chi connectivity index (χ4n) is 2.52. The molecule has 0 aliphatic carbocycles. The number of fused-ring (bicyclic) bond motifs is 1. The standard InChI is InChI=1S/C15H23N/c1-5-11-9-13(15(2,3)4)12-7-6-8-16-14(12)10-11/h9-10,16H,5-8H2,1-4H3. The van der Waals surface area contributed by atoms with Crippen molar-refractivity contribution in [2.75, 3.05) is 11.9 Å². The molecule has 88 valence electrons. The van der Waals surface area contributed by atoms with E-state index in [-0.39, 0.29) is 5.41 Å². The lowest BCUT2D eigenvalue weighted by atomic mass is 9.80. The summed E-state index contributed by atoms with van der Waals surface area (Å²) in [5, 5.41) is 3.55. The summed E-state index contributed by atoms with van der Waals surface area (Å²) in [6.07, 6.45) is 3.62. The lowest BCUT2D eigenvalue weighted by Crippen LogP contribution is -2.20. The van der Waals surface area contributed by atoms with Crippen LogP contribution in [0.25, 0.3) is 0 Å². The van der Waals surface area contributed by atoms with Crippen LogP contribution >= 0.6 is 0 Å². The molecule has 1 heteroatoms. The second-order valence-corrected chi connectivity index (χ2v) is 5.80. The van der Waals surface area contributed by atoms with Gasteiger partial charge in [0.2, 0.25) is 0 Å². The third-order valence-electron chi connectivity index (χ3n) is 3.44. The number of benzene rings is 1. The summed E-state index contributed by atoms with van der Waals surface area (Å²) in [4.78, 5) is 0. The average molecular weight is 217 g/mol. The Hall–Kier alpha value is -0.980. The third kappa shape index (κ3) is 2.09. The summed E-state index contributed by atoms with van der Waals surface area (Å²) in [6, 6.07) is 4.75. The first-order valence-electron chi connectivity index (χ1n) is 6.42. The van der Waals surface area contributed by atoms with Crippen molar-refractivity contribution in [2.24, 2.45) is 0 Å². The summed E-state index contributed by atoms with van der Waals surface area (Å²) in [7, 11) is 0. The summed E-state index contributed by atoms with van der Waals surface area (Å²) in [5.74, 6) is 0. The van der Waals surface area contributed by atoms with Crippen LogP contribution in [0, 0.1) is 0 Å². The highest BCUT2D eigenvalue weighted by atomic mass is 14.9. The largest absolute Gasteiger partial charge is 0.385 e. The van der Waals surface area contributed by atoms with E-state index in [1.807, 2.05) is 0 Å². The Balaban J connectivity index is 2.56. The fraction of sp³-hybridized carbons (Fsp3) is 0.600. The molecule has 1 nitrogen and oxygen atoms in total. The van der Waals surface area contributed by atoms with E-state index in [4.69, 9.17) is 0 Å². The van der Waals surface area contributed by atoms with Crippen LogP contribution in [0.2, 0.25) is 0 Å². The zero-order valence-electron chi connectivity index (χ0n) is 11.0. The summed E-state index contributed by atoms with van der Waals surface area (Å²) in [6.45, 7) is 10.3. The lowest BCUT2D eigenvalue weighted by Gasteiger charge is -2.29. The van der Waals surface area contributed by atoms with E-state index in [0.717, 1.165) is 13.0 Å². The highest BCUT2D eigenvalue weighted by molar-refractivity contribution is 5.60. The van der Waals surface area contributed by atoms with Gasteiger partial charge in [-0.3, -0.25) is 0 Å². The third-order valence-corrected chi connectivity index (χ3v) is 3.44. The van der Waals surface area contributed by atoms with Crippen molar-refractivity contribution in [3.05, 3.63) is 28.8 Å². The molecule has 1 aromatic carbocycles. The first-order valence-corrected chi connectivity index (χ1v) is 6.42. The van der Waals surface area contributed by atoms with Gasteiger partial charge in [0.25, 0.3) is 0 Å². The topological polar surface area (TPSA) is 12.0 Å². The molecule has 1 aliphatic heterocycles. The van der Waals surface area contributed by atoms with Crippen LogP contribution in [0.5, 0.6) is 0 Å². The zero-order valence-corrected chi connectivity index (χ0v) is 11.0. The Morgan fingerprint density at radius 2 is 2.00 bits per heavy atom. The number of hydrogen-bond donors (Lipinski definition) is 1. The average Bonchev–Trinajstić information content (AvgIpc) is 2.26. The lowest BCUT2D eigenvalue weighted by molar-refractivity contribution is 0.578. The molecule has 2 rings (SSSR count). The van der Waals surface area contributed by atoms with Crippen molar-refractivity contribution in [3.63, 3.8) is 0 Å². The van der Waals surface area contributed by atoms with Gasteiger partial charge in [-0.2, -0.15) is 0 Å². The fourth-order valence-corrected chi connectivity index (χ4v) is 2.52. The van der Waals surface area contributed by atoms with Gasteiger partial charge in [0.15, 0.2) is 0 Å². The molecule has 0 bridgehead atoms. The van der Waals surface area contributed by atoms with E-state index in [1.54, 1.807) is 5.56 Å². The molecule has 1 aliphatic rings. The monoisotopic (exact) mass is 217 g/mol. The first kappa shape index (κ1) is 11.5. The second kappa shape index (κ2) is 4.12. The quantitative estimate of drug-likeness (QED) is 0.752. The van der Waals surface area contributed by atoms with Crippen molar-refractivity contribution in [3.8, 4) is 0 Å². The zero-order chi connectivity index (χ0) is 11.8. The van der Waals surface area contributed by atoms with Gasteiger partial charge in [0, 0.05) is 12.2 Å². The maximum absolute atomic E-state index is 3.55. The molecule has 0 radical (unpaired) electrons. The molecular weight excluding hydrogens is 194 g/mol. The second-order valence-electron chi connectivity index (χ2n) is 5.80. The van der Waals surface area contributed by atoms with E-state index in [2.05, 4.69) is 45.1 Å². The molecule has 0 unspecified atom stereocenters.